The maximum absolute atomic E-state index is 11.3. The molecule has 0 saturated carbocycles. The lowest BCUT2D eigenvalue weighted by Gasteiger charge is -2.10. The fourth-order valence-corrected chi connectivity index (χ4v) is 2.08. The molecule has 0 aromatic heterocycles. The molecular weight excluding hydrogens is 252 g/mol. The van der Waals surface area contributed by atoms with Crippen LogP contribution in [0.3, 0.4) is 0 Å². The Morgan fingerprint density at radius 2 is 1.75 bits per heavy atom. The number of ether oxygens (including phenoxy) is 2. The molecule has 0 heterocycles. The molecule has 112 valence electrons. The minimum Gasteiger partial charge on any atom is -0.493 e. The molecular formula is C17H26O3. The number of para-hydroxylation sites is 1. The van der Waals surface area contributed by atoms with E-state index in [-0.39, 0.29) is 12.4 Å². The molecule has 0 unspecified atom stereocenters. The van der Waals surface area contributed by atoms with Crippen molar-refractivity contribution in [2.75, 3.05) is 13.7 Å². The molecule has 0 atom stereocenters. The highest BCUT2D eigenvalue weighted by Gasteiger charge is 2.08. The van der Waals surface area contributed by atoms with E-state index in [1.165, 1.54) is 39.2 Å². The summed E-state index contributed by atoms with van der Waals surface area (Å²) in [5.41, 5.74) is 0.894. The van der Waals surface area contributed by atoms with Crippen molar-refractivity contribution < 1.29 is 14.3 Å². The predicted molar refractivity (Wildman–Crippen MR) is 81.0 cm³/mol. The minimum absolute atomic E-state index is 0.236. The van der Waals surface area contributed by atoms with Gasteiger partial charge in [0.25, 0.3) is 0 Å². The molecule has 0 N–H and O–H groups in total. The summed E-state index contributed by atoms with van der Waals surface area (Å²) in [6.07, 6.45) is 7.73. The summed E-state index contributed by atoms with van der Waals surface area (Å²) in [5.74, 6) is 0.562. The van der Waals surface area contributed by atoms with Crippen molar-refractivity contribution in [1.82, 2.24) is 0 Å². The smallest absolute Gasteiger partial charge is 0.310 e. The van der Waals surface area contributed by atoms with Crippen LogP contribution in [0.1, 0.15) is 51.0 Å². The number of rotatable bonds is 10. The summed E-state index contributed by atoms with van der Waals surface area (Å²) in [6.45, 7) is 2.94. The van der Waals surface area contributed by atoms with Gasteiger partial charge in [0.1, 0.15) is 5.75 Å². The normalized spacial score (nSPS) is 10.3. The number of hydrogen-bond donors (Lipinski definition) is 0. The molecule has 0 aliphatic rings. The van der Waals surface area contributed by atoms with Crippen LogP contribution >= 0.6 is 0 Å². The second-order valence-corrected chi connectivity index (χ2v) is 4.98. The third-order valence-electron chi connectivity index (χ3n) is 3.29. The average Bonchev–Trinajstić information content (AvgIpc) is 2.47. The molecule has 20 heavy (non-hydrogen) atoms. The Hall–Kier alpha value is -1.51. The van der Waals surface area contributed by atoms with Crippen LogP contribution in [0, 0.1) is 0 Å². The lowest BCUT2D eigenvalue weighted by atomic mass is 10.1. The first-order valence-corrected chi connectivity index (χ1v) is 7.55. The van der Waals surface area contributed by atoms with E-state index in [2.05, 4.69) is 6.92 Å². The van der Waals surface area contributed by atoms with Crippen LogP contribution in [0.25, 0.3) is 0 Å². The quantitative estimate of drug-likeness (QED) is 0.476. The zero-order chi connectivity index (χ0) is 14.6. The molecule has 0 aliphatic carbocycles. The lowest BCUT2D eigenvalue weighted by molar-refractivity contribution is -0.139. The Balaban J connectivity index is 2.30. The molecule has 0 aliphatic heterocycles. The van der Waals surface area contributed by atoms with Gasteiger partial charge in [-0.25, -0.2) is 0 Å². The number of methoxy groups -OCH3 is 1. The molecule has 0 fully saturated rings. The molecule has 1 rings (SSSR count). The van der Waals surface area contributed by atoms with Gasteiger partial charge >= 0.3 is 5.97 Å². The van der Waals surface area contributed by atoms with E-state index in [9.17, 15) is 4.79 Å². The molecule has 0 spiro atoms. The van der Waals surface area contributed by atoms with Gasteiger partial charge in [-0.15, -0.1) is 0 Å². The summed E-state index contributed by atoms with van der Waals surface area (Å²) in [5, 5.41) is 0. The summed E-state index contributed by atoms with van der Waals surface area (Å²) in [4.78, 5) is 11.3. The minimum atomic E-state index is -0.236. The van der Waals surface area contributed by atoms with Crippen molar-refractivity contribution in [1.29, 1.82) is 0 Å². The fraction of sp³-hybridized carbons (Fsp3) is 0.588. The average molecular weight is 278 g/mol. The number of carbonyl (C=O) groups excluding carboxylic acids is 1. The highest BCUT2D eigenvalue weighted by Crippen LogP contribution is 2.19. The van der Waals surface area contributed by atoms with Crippen molar-refractivity contribution in [2.45, 2.75) is 51.9 Å². The second-order valence-electron chi connectivity index (χ2n) is 4.98. The van der Waals surface area contributed by atoms with E-state index in [1.54, 1.807) is 0 Å². The third-order valence-corrected chi connectivity index (χ3v) is 3.29. The molecule has 0 radical (unpaired) electrons. The highest BCUT2D eigenvalue weighted by molar-refractivity contribution is 5.73. The van der Waals surface area contributed by atoms with Crippen molar-refractivity contribution in [3.05, 3.63) is 29.8 Å². The predicted octanol–water partition coefficient (Wildman–Crippen LogP) is 4.14. The van der Waals surface area contributed by atoms with Gasteiger partial charge in [0.05, 0.1) is 20.1 Å². The first kappa shape index (κ1) is 16.5. The first-order valence-electron chi connectivity index (χ1n) is 7.55. The summed E-state index contributed by atoms with van der Waals surface area (Å²) < 4.78 is 10.5. The summed E-state index contributed by atoms with van der Waals surface area (Å²) >= 11 is 0. The standard InChI is InChI=1S/C17H26O3/c1-3-4-5-6-7-10-13-20-16-12-9-8-11-15(16)14-17(18)19-2/h8-9,11-12H,3-7,10,13-14H2,1-2H3. The zero-order valence-corrected chi connectivity index (χ0v) is 12.7. The van der Waals surface area contributed by atoms with Gasteiger partial charge in [-0.1, -0.05) is 57.2 Å². The zero-order valence-electron chi connectivity index (χ0n) is 12.7. The van der Waals surface area contributed by atoms with E-state index < -0.39 is 0 Å². The topological polar surface area (TPSA) is 35.5 Å². The van der Waals surface area contributed by atoms with Crippen molar-refractivity contribution in [3.8, 4) is 5.75 Å². The molecule has 1 aromatic rings. The van der Waals surface area contributed by atoms with Crippen LogP contribution in [-0.4, -0.2) is 19.7 Å². The van der Waals surface area contributed by atoms with Crippen LogP contribution in [0.15, 0.2) is 24.3 Å². The van der Waals surface area contributed by atoms with Gasteiger partial charge in [-0.3, -0.25) is 4.79 Å². The SMILES string of the molecule is CCCCCCCCOc1ccccc1CC(=O)OC. The summed E-state index contributed by atoms with van der Waals surface area (Å²) in [6, 6.07) is 7.66. The lowest BCUT2D eigenvalue weighted by Crippen LogP contribution is -2.07. The third kappa shape index (κ3) is 6.60. The van der Waals surface area contributed by atoms with E-state index in [1.807, 2.05) is 24.3 Å². The van der Waals surface area contributed by atoms with Gasteiger partial charge in [0, 0.05) is 5.56 Å². The number of esters is 1. The van der Waals surface area contributed by atoms with Gasteiger partial charge in [0.2, 0.25) is 0 Å². The first-order chi connectivity index (χ1) is 9.77. The van der Waals surface area contributed by atoms with Gasteiger partial charge in [0.15, 0.2) is 0 Å². The van der Waals surface area contributed by atoms with E-state index in [0.717, 1.165) is 17.7 Å². The Kier molecular flexibility index (Phi) is 8.52. The maximum atomic E-state index is 11.3. The van der Waals surface area contributed by atoms with E-state index in [0.29, 0.717) is 6.61 Å². The highest BCUT2D eigenvalue weighted by atomic mass is 16.5. The molecule has 0 bridgehead atoms. The largest absolute Gasteiger partial charge is 0.493 e. The number of carbonyl (C=O) groups is 1. The second kappa shape index (κ2) is 10.3. The van der Waals surface area contributed by atoms with Crippen LogP contribution < -0.4 is 4.74 Å². The van der Waals surface area contributed by atoms with Crippen LogP contribution in [-0.2, 0) is 16.0 Å². The Morgan fingerprint density at radius 1 is 1.05 bits per heavy atom. The number of unbranched alkanes of at least 4 members (excludes halogenated alkanes) is 5. The van der Waals surface area contributed by atoms with Crippen molar-refractivity contribution in [3.63, 3.8) is 0 Å². The van der Waals surface area contributed by atoms with E-state index in [4.69, 9.17) is 9.47 Å². The Morgan fingerprint density at radius 3 is 2.50 bits per heavy atom. The van der Waals surface area contributed by atoms with Gasteiger partial charge in [-0.05, 0) is 12.5 Å². The molecule has 1 aromatic carbocycles. The van der Waals surface area contributed by atoms with Gasteiger partial charge < -0.3 is 9.47 Å². The monoisotopic (exact) mass is 278 g/mol. The molecule has 0 saturated heterocycles. The fourth-order valence-electron chi connectivity index (χ4n) is 2.08. The molecule has 3 nitrogen and oxygen atoms in total. The van der Waals surface area contributed by atoms with Crippen LogP contribution in [0.4, 0.5) is 0 Å². The van der Waals surface area contributed by atoms with Gasteiger partial charge in [-0.2, -0.15) is 0 Å². The summed E-state index contributed by atoms with van der Waals surface area (Å²) in [7, 11) is 1.40. The Labute approximate surface area is 122 Å². The van der Waals surface area contributed by atoms with Crippen molar-refractivity contribution >= 4 is 5.97 Å². The molecule has 3 heteroatoms. The maximum Gasteiger partial charge on any atom is 0.310 e. The Bertz CT molecular complexity index is 388. The number of hydrogen-bond acceptors (Lipinski definition) is 3. The van der Waals surface area contributed by atoms with E-state index >= 15 is 0 Å². The number of benzene rings is 1. The van der Waals surface area contributed by atoms with Crippen molar-refractivity contribution in [2.24, 2.45) is 0 Å². The van der Waals surface area contributed by atoms with Crippen LogP contribution in [0.2, 0.25) is 0 Å². The molecule has 0 amide bonds. The van der Waals surface area contributed by atoms with Crippen LogP contribution in [0.5, 0.6) is 5.75 Å².